The Morgan fingerprint density at radius 2 is 2.00 bits per heavy atom. The van der Waals surface area contributed by atoms with Gasteiger partial charge in [0.05, 0.1) is 0 Å². The summed E-state index contributed by atoms with van der Waals surface area (Å²) in [5.41, 5.74) is 7.49. The molecule has 25 heavy (non-hydrogen) atoms. The minimum atomic E-state index is -0.592. The number of imide groups is 1. The molecule has 1 saturated heterocycles. The van der Waals surface area contributed by atoms with Crippen LogP contribution in [0.5, 0.6) is 5.75 Å². The van der Waals surface area contributed by atoms with E-state index in [1.54, 1.807) is 12.1 Å². The van der Waals surface area contributed by atoms with Crippen LogP contribution in [0, 0.1) is 0 Å². The lowest BCUT2D eigenvalue weighted by atomic mass is 10.0. The van der Waals surface area contributed by atoms with Crippen molar-refractivity contribution in [3.63, 3.8) is 0 Å². The van der Waals surface area contributed by atoms with Gasteiger partial charge in [0.25, 0.3) is 5.91 Å². The van der Waals surface area contributed by atoms with Crippen LogP contribution >= 0.6 is 0 Å². The number of nitrogens with one attached hydrogen (secondary N) is 1. The van der Waals surface area contributed by atoms with E-state index in [0.717, 1.165) is 24.8 Å². The number of hydrogen-bond acceptors (Lipinski definition) is 5. The lowest BCUT2D eigenvalue weighted by Crippen LogP contribution is -2.52. The quantitative estimate of drug-likeness (QED) is 0.787. The van der Waals surface area contributed by atoms with E-state index in [9.17, 15) is 14.4 Å². The second-order valence-electron chi connectivity index (χ2n) is 6.97. The number of nitrogens with zero attached hydrogens (tertiary/aromatic N) is 1. The molecule has 3 amide bonds. The van der Waals surface area contributed by atoms with Crippen molar-refractivity contribution in [1.82, 2.24) is 10.2 Å². The number of carbonyl (C=O) groups excluding carboxylic acids is 3. The molecule has 7 heteroatoms. The molecule has 3 atom stereocenters. The molecule has 1 unspecified atom stereocenters. The average Bonchev–Trinajstić information content (AvgIpc) is 3.12. The van der Waals surface area contributed by atoms with Gasteiger partial charge in [0, 0.05) is 24.6 Å². The Morgan fingerprint density at radius 3 is 2.72 bits per heavy atom. The second kappa shape index (κ2) is 6.15. The summed E-state index contributed by atoms with van der Waals surface area (Å²) in [7, 11) is 0. The minimum absolute atomic E-state index is 0.0152. The number of ether oxygens (including phenoxy) is 1. The third-order valence-corrected chi connectivity index (χ3v) is 5.29. The molecule has 1 aliphatic carbocycles. The Labute approximate surface area is 145 Å². The molecule has 0 spiro atoms. The van der Waals surface area contributed by atoms with Gasteiger partial charge in [-0.1, -0.05) is 0 Å². The Hall–Kier alpha value is -2.41. The Balaban J connectivity index is 1.51. The fourth-order valence-corrected chi connectivity index (χ4v) is 3.90. The fourth-order valence-electron chi connectivity index (χ4n) is 3.90. The Kier molecular flexibility index (Phi) is 3.95. The van der Waals surface area contributed by atoms with Crippen molar-refractivity contribution in [2.75, 3.05) is 0 Å². The number of benzene rings is 1. The highest BCUT2D eigenvalue weighted by molar-refractivity contribution is 6.05. The third kappa shape index (κ3) is 2.89. The van der Waals surface area contributed by atoms with Gasteiger partial charge in [-0.05, 0) is 49.4 Å². The van der Waals surface area contributed by atoms with Gasteiger partial charge in [-0.25, -0.2) is 0 Å². The Morgan fingerprint density at radius 1 is 1.16 bits per heavy atom. The van der Waals surface area contributed by atoms with Crippen molar-refractivity contribution in [1.29, 1.82) is 0 Å². The zero-order valence-corrected chi connectivity index (χ0v) is 13.9. The monoisotopic (exact) mass is 343 g/mol. The predicted octanol–water partition coefficient (Wildman–Crippen LogP) is 0.706. The van der Waals surface area contributed by atoms with Crippen molar-refractivity contribution in [3.8, 4) is 5.75 Å². The van der Waals surface area contributed by atoms with Gasteiger partial charge in [-0.3, -0.25) is 19.7 Å². The molecule has 2 fully saturated rings. The van der Waals surface area contributed by atoms with Crippen LogP contribution in [-0.2, 0) is 16.1 Å². The molecule has 1 saturated carbocycles. The van der Waals surface area contributed by atoms with Crippen molar-refractivity contribution in [2.45, 2.75) is 56.8 Å². The minimum Gasteiger partial charge on any atom is -0.489 e. The SMILES string of the molecule is N[C@@H]1CCC[C@H]1Oc1ccc2c(c1)CN(C1CCC(=O)NC1=O)C2=O. The number of nitrogens with two attached hydrogens (primary N) is 1. The lowest BCUT2D eigenvalue weighted by Gasteiger charge is -2.29. The van der Waals surface area contributed by atoms with E-state index in [4.69, 9.17) is 10.5 Å². The van der Waals surface area contributed by atoms with Crippen molar-refractivity contribution >= 4 is 17.7 Å². The smallest absolute Gasteiger partial charge is 0.255 e. The number of fused-ring (bicyclic) bond motifs is 1. The first kappa shape index (κ1) is 16.1. The summed E-state index contributed by atoms with van der Waals surface area (Å²) in [6.07, 6.45) is 3.62. The van der Waals surface area contributed by atoms with Crippen LogP contribution in [0.15, 0.2) is 18.2 Å². The van der Waals surface area contributed by atoms with E-state index in [0.29, 0.717) is 24.3 Å². The van der Waals surface area contributed by atoms with E-state index in [-0.39, 0.29) is 30.4 Å². The predicted molar refractivity (Wildman–Crippen MR) is 88.7 cm³/mol. The van der Waals surface area contributed by atoms with Crippen LogP contribution in [-0.4, -0.2) is 40.8 Å². The maximum absolute atomic E-state index is 12.6. The number of piperidine rings is 1. The number of rotatable bonds is 3. The number of hydrogen-bond donors (Lipinski definition) is 2. The van der Waals surface area contributed by atoms with Gasteiger partial charge in [-0.15, -0.1) is 0 Å². The van der Waals surface area contributed by atoms with Crippen LogP contribution in [0.1, 0.15) is 48.0 Å². The maximum atomic E-state index is 12.6. The highest BCUT2D eigenvalue weighted by atomic mass is 16.5. The molecule has 3 aliphatic rings. The van der Waals surface area contributed by atoms with E-state index in [2.05, 4.69) is 5.32 Å². The standard InChI is InChI=1S/C18H21N3O4/c19-13-2-1-3-15(13)25-11-4-5-12-10(8-11)9-21(18(12)24)14-6-7-16(22)20-17(14)23/h4-5,8,13-15H,1-3,6-7,9,19H2,(H,20,22,23)/t13-,14?,15-/m1/s1. The van der Waals surface area contributed by atoms with Crippen molar-refractivity contribution in [3.05, 3.63) is 29.3 Å². The van der Waals surface area contributed by atoms with Gasteiger partial charge >= 0.3 is 0 Å². The molecule has 1 aromatic rings. The van der Waals surface area contributed by atoms with E-state index in [1.807, 2.05) is 6.07 Å². The van der Waals surface area contributed by atoms with Crippen LogP contribution in [0.3, 0.4) is 0 Å². The molecule has 3 N–H and O–H groups in total. The molecule has 2 heterocycles. The summed E-state index contributed by atoms with van der Waals surface area (Å²) in [6.45, 7) is 0.356. The maximum Gasteiger partial charge on any atom is 0.255 e. The number of carbonyl (C=O) groups is 3. The van der Waals surface area contributed by atoms with Gasteiger partial charge < -0.3 is 15.4 Å². The molecular formula is C18H21N3O4. The van der Waals surface area contributed by atoms with Gasteiger partial charge in [0.1, 0.15) is 17.9 Å². The van der Waals surface area contributed by atoms with Crippen LogP contribution in [0.25, 0.3) is 0 Å². The largest absolute Gasteiger partial charge is 0.489 e. The normalized spacial score (nSPS) is 28.9. The van der Waals surface area contributed by atoms with Gasteiger partial charge in [-0.2, -0.15) is 0 Å². The molecular weight excluding hydrogens is 322 g/mol. The summed E-state index contributed by atoms with van der Waals surface area (Å²) in [6, 6.07) is 4.86. The first-order valence-corrected chi connectivity index (χ1v) is 8.73. The lowest BCUT2D eigenvalue weighted by molar-refractivity contribution is -0.136. The molecule has 1 aromatic carbocycles. The van der Waals surface area contributed by atoms with E-state index < -0.39 is 11.9 Å². The molecule has 7 nitrogen and oxygen atoms in total. The summed E-state index contributed by atoms with van der Waals surface area (Å²) in [5.74, 6) is -0.146. The molecule has 132 valence electrons. The number of amides is 3. The van der Waals surface area contributed by atoms with Crippen LogP contribution in [0.2, 0.25) is 0 Å². The summed E-state index contributed by atoms with van der Waals surface area (Å²) >= 11 is 0. The van der Waals surface area contributed by atoms with Gasteiger partial charge in [0.2, 0.25) is 11.8 Å². The summed E-state index contributed by atoms with van der Waals surface area (Å²) in [4.78, 5) is 37.5. The summed E-state index contributed by atoms with van der Waals surface area (Å²) < 4.78 is 5.99. The topological polar surface area (TPSA) is 102 Å². The summed E-state index contributed by atoms with van der Waals surface area (Å²) in [5, 5.41) is 2.31. The molecule has 0 aromatic heterocycles. The molecule has 0 bridgehead atoms. The van der Waals surface area contributed by atoms with E-state index >= 15 is 0 Å². The Bertz CT molecular complexity index is 748. The fraction of sp³-hybridized carbons (Fsp3) is 0.500. The molecule has 4 rings (SSSR count). The highest BCUT2D eigenvalue weighted by Gasteiger charge is 2.39. The first-order chi connectivity index (χ1) is 12.0. The van der Waals surface area contributed by atoms with Crippen molar-refractivity contribution in [2.24, 2.45) is 5.73 Å². The average molecular weight is 343 g/mol. The van der Waals surface area contributed by atoms with Crippen LogP contribution in [0.4, 0.5) is 0 Å². The van der Waals surface area contributed by atoms with Gasteiger partial charge in [0.15, 0.2) is 0 Å². The first-order valence-electron chi connectivity index (χ1n) is 8.73. The molecule has 0 radical (unpaired) electrons. The van der Waals surface area contributed by atoms with E-state index in [1.165, 1.54) is 4.90 Å². The van der Waals surface area contributed by atoms with Crippen molar-refractivity contribution < 1.29 is 19.1 Å². The highest BCUT2D eigenvalue weighted by Crippen LogP contribution is 2.31. The zero-order chi connectivity index (χ0) is 17.6. The van der Waals surface area contributed by atoms with Crippen LogP contribution < -0.4 is 15.8 Å². The second-order valence-corrected chi connectivity index (χ2v) is 6.97. The third-order valence-electron chi connectivity index (χ3n) is 5.29. The molecule has 2 aliphatic heterocycles. The zero-order valence-electron chi connectivity index (χ0n) is 13.9.